The molecule has 0 fully saturated rings. The van der Waals surface area contributed by atoms with Crippen LogP contribution in [0.25, 0.3) is 27.8 Å². The Balaban J connectivity index is 1.35. The van der Waals surface area contributed by atoms with Gasteiger partial charge in [0.15, 0.2) is 0 Å². The lowest BCUT2D eigenvalue weighted by Gasteiger charge is -2.33. The molecule has 5 aromatic carbocycles. The van der Waals surface area contributed by atoms with E-state index in [1.54, 1.807) is 0 Å². The van der Waals surface area contributed by atoms with Crippen LogP contribution in [0.1, 0.15) is 34.2 Å². The fraction of sp³-hybridized carbons (Fsp3) is 0.0952. The number of allylic oxidation sites excluding steroid dienone is 5. The van der Waals surface area contributed by atoms with Gasteiger partial charge in [-0.15, -0.1) is 0 Å². The van der Waals surface area contributed by atoms with Gasteiger partial charge in [-0.05, 0) is 91.1 Å². The van der Waals surface area contributed by atoms with Crippen molar-refractivity contribution in [3.8, 4) is 11.1 Å². The van der Waals surface area contributed by atoms with Crippen LogP contribution in [-0.4, -0.2) is 0 Å². The number of rotatable bonds is 4. The lowest BCUT2D eigenvalue weighted by Crippen LogP contribution is -2.40. The Morgan fingerprint density at radius 1 is 0.452 bits per heavy atom. The Morgan fingerprint density at radius 2 is 1.00 bits per heavy atom. The van der Waals surface area contributed by atoms with Gasteiger partial charge < -0.3 is 0 Å². The molecule has 0 spiro atoms. The van der Waals surface area contributed by atoms with Crippen molar-refractivity contribution in [2.45, 2.75) is 12.8 Å². The second-order valence-electron chi connectivity index (χ2n) is 11.5. The van der Waals surface area contributed by atoms with Crippen LogP contribution in [0, 0.1) is 11.8 Å². The van der Waals surface area contributed by atoms with E-state index in [9.17, 15) is 0 Å². The van der Waals surface area contributed by atoms with Crippen LogP contribution < -0.4 is 10.4 Å². The molecule has 3 aliphatic carbocycles. The molecular formula is C42H32. The molecule has 2 unspecified atom stereocenters. The zero-order chi connectivity index (χ0) is 27.9. The molecule has 42 heavy (non-hydrogen) atoms. The monoisotopic (exact) mass is 536 g/mol. The molecule has 0 saturated heterocycles. The second-order valence-corrected chi connectivity index (χ2v) is 11.5. The SMILES string of the molecule is C1=CC2C(c3cccc(C4=CCCc5ccccc54)c3)=c3ccccc3=C(c3cccc(-c4ccccc4)c3)C2C=C1. The van der Waals surface area contributed by atoms with E-state index in [1.807, 2.05) is 0 Å². The maximum Gasteiger partial charge on any atom is 0.0137 e. The molecule has 200 valence electrons. The van der Waals surface area contributed by atoms with E-state index in [4.69, 9.17) is 0 Å². The number of hydrogen-bond donors (Lipinski definition) is 0. The zero-order valence-corrected chi connectivity index (χ0v) is 23.6. The standard InChI is InChI=1S/C42H32/c1-2-13-29(14-3-1)31-17-10-19-33(27-31)41-37-22-6-8-24-39(37)42(40-25-9-7-23-38(40)41)34-20-11-18-32(28-34)36-26-12-16-30-15-4-5-21-35(30)36/h1-11,13-15,17-28,37,39H,12,16H2. The average Bonchev–Trinajstić information content (AvgIpc) is 3.07. The summed E-state index contributed by atoms with van der Waals surface area (Å²) in [6.45, 7) is 0. The van der Waals surface area contributed by atoms with Gasteiger partial charge in [0.1, 0.15) is 0 Å². The van der Waals surface area contributed by atoms with Crippen LogP contribution in [-0.2, 0) is 6.42 Å². The summed E-state index contributed by atoms with van der Waals surface area (Å²) in [5, 5.41) is 2.68. The van der Waals surface area contributed by atoms with Gasteiger partial charge >= 0.3 is 0 Å². The van der Waals surface area contributed by atoms with Crippen molar-refractivity contribution in [2.24, 2.45) is 11.8 Å². The van der Waals surface area contributed by atoms with Crippen molar-refractivity contribution < 1.29 is 0 Å². The molecule has 0 N–H and O–H groups in total. The van der Waals surface area contributed by atoms with E-state index >= 15 is 0 Å². The number of hydrogen-bond acceptors (Lipinski definition) is 0. The highest BCUT2D eigenvalue weighted by Gasteiger charge is 2.32. The first-order chi connectivity index (χ1) is 20.8. The summed E-state index contributed by atoms with van der Waals surface area (Å²) < 4.78 is 0. The molecule has 0 nitrogen and oxygen atoms in total. The summed E-state index contributed by atoms with van der Waals surface area (Å²) in [4.78, 5) is 0. The van der Waals surface area contributed by atoms with E-state index in [1.165, 1.54) is 66.1 Å². The van der Waals surface area contributed by atoms with Gasteiger partial charge in [-0.2, -0.15) is 0 Å². The first kappa shape index (κ1) is 24.8. The summed E-state index contributed by atoms with van der Waals surface area (Å²) in [6.07, 6.45) is 13.9. The van der Waals surface area contributed by atoms with E-state index < -0.39 is 0 Å². The van der Waals surface area contributed by atoms with Gasteiger partial charge in [0.05, 0.1) is 0 Å². The summed E-state index contributed by atoms with van der Waals surface area (Å²) >= 11 is 0. The van der Waals surface area contributed by atoms with E-state index in [0.29, 0.717) is 0 Å². The van der Waals surface area contributed by atoms with Crippen LogP contribution in [0.5, 0.6) is 0 Å². The van der Waals surface area contributed by atoms with Crippen LogP contribution >= 0.6 is 0 Å². The number of fused-ring (bicyclic) bond motifs is 3. The van der Waals surface area contributed by atoms with E-state index in [0.717, 1.165) is 12.8 Å². The van der Waals surface area contributed by atoms with E-state index in [2.05, 4.69) is 158 Å². The Labute approximate surface area is 248 Å². The Hall–Kier alpha value is -4.94. The molecule has 5 aromatic rings. The molecule has 2 atom stereocenters. The highest BCUT2D eigenvalue weighted by atomic mass is 14.3. The molecule has 0 aliphatic heterocycles. The van der Waals surface area contributed by atoms with Crippen molar-refractivity contribution in [3.05, 3.63) is 196 Å². The predicted octanol–water partition coefficient (Wildman–Crippen LogP) is 8.50. The highest BCUT2D eigenvalue weighted by Crippen LogP contribution is 2.41. The topological polar surface area (TPSA) is 0 Å². The molecular weight excluding hydrogens is 504 g/mol. The quantitative estimate of drug-likeness (QED) is 0.216. The molecule has 3 aliphatic rings. The van der Waals surface area contributed by atoms with Gasteiger partial charge in [-0.25, -0.2) is 0 Å². The fourth-order valence-corrected chi connectivity index (χ4v) is 7.27. The predicted molar refractivity (Wildman–Crippen MR) is 176 cm³/mol. The Bertz CT molecular complexity index is 2030. The number of aryl methyl sites for hydroxylation is 1. The largest absolute Gasteiger partial charge is 0.0760 e. The molecule has 0 radical (unpaired) electrons. The van der Waals surface area contributed by atoms with Crippen LogP contribution in [0.3, 0.4) is 0 Å². The van der Waals surface area contributed by atoms with Crippen LogP contribution in [0.15, 0.2) is 158 Å². The highest BCUT2D eigenvalue weighted by molar-refractivity contribution is 5.86. The normalized spacial score (nSPS) is 18.6. The zero-order valence-electron chi connectivity index (χ0n) is 23.6. The van der Waals surface area contributed by atoms with Crippen molar-refractivity contribution in [1.82, 2.24) is 0 Å². The van der Waals surface area contributed by atoms with Crippen molar-refractivity contribution in [3.63, 3.8) is 0 Å². The summed E-state index contributed by atoms with van der Waals surface area (Å²) in [5.41, 5.74) is 13.5. The minimum Gasteiger partial charge on any atom is -0.0760 e. The number of benzene rings is 5. The Morgan fingerprint density at radius 3 is 1.71 bits per heavy atom. The van der Waals surface area contributed by atoms with Crippen LogP contribution in [0.4, 0.5) is 0 Å². The third-order valence-electron chi connectivity index (χ3n) is 9.14. The second kappa shape index (κ2) is 10.5. The third kappa shape index (κ3) is 4.23. The van der Waals surface area contributed by atoms with Gasteiger partial charge in [0.25, 0.3) is 0 Å². The van der Waals surface area contributed by atoms with E-state index in [-0.39, 0.29) is 11.8 Å². The first-order valence-corrected chi connectivity index (χ1v) is 15.1. The van der Waals surface area contributed by atoms with Crippen molar-refractivity contribution in [2.75, 3.05) is 0 Å². The molecule has 0 aromatic heterocycles. The smallest absolute Gasteiger partial charge is 0.0137 e. The van der Waals surface area contributed by atoms with Crippen molar-refractivity contribution in [1.29, 1.82) is 0 Å². The molecule has 0 heteroatoms. The van der Waals surface area contributed by atoms with Gasteiger partial charge in [-0.3, -0.25) is 0 Å². The molecule has 0 saturated carbocycles. The molecule has 0 bridgehead atoms. The Kier molecular flexibility index (Phi) is 6.19. The summed E-state index contributed by atoms with van der Waals surface area (Å²) in [5.74, 6) is 0.535. The molecule has 0 amide bonds. The van der Waals surface area contributed by atoms with Gasteiger partial charge in [0.2, 0.25) is 0 Å². The fourth-order valence-electron chi connectivity index (χ4n) is 7.27. The van der Waals surface area contributed by atoms with Crippen LogP contribution in [0.2, 0.25) is 0 Å². The third-order valence-corrected chi connectivity index (χ3v) is 9.14. The maximum atomic E-state index is 2.43. The maximum absolute atomic E-state index is 2.43. The lowest BCUT2D eigenvalue weighted by atomic mass is 9.70. The van der Waals surface area contributed by atoms with Crippen molar-refractivity contribution >= 4 is 16.7 Å². The lowest BCUT2D eigenvalue weighted by molar-refractivity contribution is 0.686. The molecule has 8 rings (SSSR count). The first-order valence-electron chi connectivity index (χ1n) is 15.1. The summed E-state index contributed by atoms with van der Waals surface area (Å²) in [6, 6.07) is 47.1. The van der Waals surface area contributed by atoms with Gasteiger partial charge in [0, 0.05) is 11.8 Å². The summed E-state index contributed by atoms with van der Waals surface area (Å²) in [7, 11) is 0. The average molecular weight is 537 g/mol. The molecule has 0 heterocycles. The minimum absolute atomic E-state index is 0.267. The minimum atomic E-state index is 0.267. The van der Waals surface area contributed by atoms with Gasteiger partial charge in [-0.1, -0.05) is 146 Å².